The molecule has 0 aromatic carbocycles. The molecule has 3 N–H and O–H groups in total. The lowest BCUT2D eigenvalue weighted by atomic mass is 10.2. The minimum atomic E-state index is -0.547. The Hall–Kier alpha value is -1.46. The number of nitrogens with zero attached hydrogens (tertiary/aromatic N) is 2. The summed E-state index contributed by atoms with van der Waals surface area (Å²) in [6, 6.07) is 0. The van der Waals surface area contributed by atoms with Gasteiger partial charge in [-0.15, -0.1) is 0 Å². The first-order valence-corrected chi connectivity index (χ1v) is 5.24. The van der Waals surface area contributed by atoms with E-state index in [2.05, 4.69) is 5.16 Å². The second-order valence-electron chi connectivity index (χ2n) is 4.49. The molecule has 0 spiro atoms. The number of hydrogen-bond donors (Lipinski definition) is 2. The average molecular weight is 231 g/mol. The molecule has 0 aromatic rings. The molecule has 0 rings (SSSR count). The Morgan fingerprint density at radius 1 is 1.50 bits per heavy atom. The third-order valence-corrected chi connectivity index (χ3v) is 1.63. The molecule has 0 aliphatic rings. The second-order valence-corrected chi connectivity index (χ2v) is 4.49. The molecule has 0 fully saturated rings. The summed E-state index contributed by atoms with van der Waals surface area (Å²) in [7, 11) is 0. The van der Waals surface area contributed by atoms with Crippen molar-refractivity contribution in [2.75, 3.05) is 13.1 Å². The Balaban J connectivity index is 4.47. The van der Waals surface area contributed by atoms with E-state index in [9.17, 15) is 4.79 Å². The van der Waals surface area contributed by atoms with Gasteiger partial charge < -0.3 is 20.6 Å². The van der Waals surface area contributed by atoms with Crippen LogP contribution in [-0.4, -0.2) is 40.7 Å². The van der Waals surface area contributed by atoms with E-state index in [1.807, 2.05) is 6.92 Å². The lowest BCUT2D eigenvalue weighted by Crippen LogP contribution is -2.42. The first-order chi connectivity index (χ1) is 7.30. The summed E-state index contributed by atoms with van der Waals surface area (Å²) in [4.78, 5) is 13.1. The van der Waals surface area contributed by atoms with E-state index in [0.717, 1.165) is 6.42 Å². The molecular formula is C10H21N3O3. The van der Waals surface area contributed by atoms with Gasteiger partial charge in [0, 0.05) is 6.54 Å². The van der Waals surface area contributed by atoms with Crippen molar-refractivity contribution >= 4 is 11.9 Å². The number of carbonyl (C=O) groups is 1. The predicted molar refractivity (Wildman–Crippen MR) is 61.5 cm³/mol. The van der Waals surface area contributed by atoms with Crippen molar-refractivity contribution in [3.05, 3.63) is 0 Å². The zero-order chi connectivity index (χ0) is 12.8. The van der Waals surface area contributed by atoms with E-state index in [4.69, 9.17) is 15.7 Å². The summed E-state index contributed by atoms with van der Waals surface area (Å²) in [6.07, 6.45) is 0.318. The number of rotatable bonds is 4. The zero-order valence-corrected chi connectivity index (χ0v) is 10.4. The maximum Gasteiger partial charge on any atom is 0.410 e. The summed E-state index contributed by atoms with van der Waals surface area (Å²) in [6.45, 7) is 7.88. The van der Waals surface area contributed by atoms with Crippen LogP contribution in [0.15, 0.2) is 5.16 Å². The highest BCUT2D eigenvalue weighted by Gasteiger charge is 2.22. The Labute approximate surface area is 96.0 Å². The molecule has 0 saturated carbocycles. The van der Waals surface area contributed by atoms with Gasteiger partial charge in [-0.1, -0.05) is 12.1 Å². The summed E-state index contributed by atoms with van der Waals surface area (Å²) < 4.78 is 5.19. The Kier molecular flexibility index (Phi) is 5.63. The monoisotopic (exact) mass is 231 g/mol. The standard InChI is InChI=1S/C10H21N3O3/c1-5-6-13(7-8(11)12-15)9(14)16-10(2,3)4/h15H,5-7H2,1-4H3,(H2,11,12). The number of carbonyl (C=O) groups excluding carboxylic acids is 1. The van der Waals surface area contributed by atoms with Gasteiger partial charge in [0.2, 0.25) is 0 Å². The van der Waals surface area contributed by atoms with Crippen LogP contribution >= 0.6 is 0 Å². The van der Waals surface area contributed by atoms with Gasteiger partial charge in [-0.25, -0.2) is 4.79 Å². The van der Waals surface area contributed by atoms with Crippen LogP contribution in [0.3, 0.4) is 0 Å². The first-order valence-electron chi connectivity index (χ1n) is 5.24. The highest BCUT2D eigenvalue weighted by Crippen LogP contribution is 2.10. The number of amides is 1. The molecule has 0 aromatic heterocycles. The van der Waals surface area contributed by atoms with Crippen LogP contribution in [-0.2, 0) is 4.74 Å². The van der Waals surface area contributed by atoms with E-state index < -0.39 is 11.7 Å². The molecule has 6 nitrogen and oxygen atoms in total. The van der Waals surface area contributed by atoms with Gasteiger partial charge >= 0.3 is 6.09 Å². The van der Waals surface area contributed by atoms with E-state index in [-0.39, 0.29) is 12.4 Å². The van der Waals surface area contributed by atoms with Gasteiger partial charge in [0.05, 0.1) is 6.54 Å². The van der Waals surface area contributed by atoms with Crippen LogP contribution in [0.2, 0.25) is 0 Å². The number of amidine groups is 1. The molecule has 0 saturated heterocycles. The molecule has 16 heavy (non-hydrogen) atoms. The topological polar surface area (TPSA) is 88.1 Å². The Bertz CT molecular complexity index is 259. The fraction of sp³-hybridized carbons (Fsp3) is 0.800. The highest BCUT2D eigenvalue weighted by molar-refractivity contribution is 5.85. The molecule has 0 atom stereocenters. The van der Waals surface area contributed by atoms with Crippen molar-refractivity contribution in [3.8, 4) is 0 Å². The summed E-state index contributed by atoms with van der Waals surface area (Å²) in [5, 5.41) is 11.3. The summed E-state index contributed by atoms with van der Waals surface area (Å²) >= 11 is 0. The smallest absolute Gasteiger partial charge is 0.410 e. The molecule has 0 bridgehead atoms. The minimum absolute atomic E-state index is 0.0145. The molecule has 0 aliphatic heterocycles. The summed E-state index contributed by atoms with van der Waals surface area (Å²) in [5.74, 6) is -0.0145. The normalized spacial score (nSPS) is 12.4. The van der Waals surface area contributed by atoms with Gasteiger partial charge in [-0.05, 0) is 27.2 Å². The third-order valence-electron chi connectivity index (χ3n) is 1.63. The maximum atomic E-state index is 11.7. The van der Waals surface area contributed by atoms with Gasteiger partial charge in [-0.2, -0.15) is 0 Å². The molecule has 1 amide bonds. The highest BCUT2D eigenvalue weighted by atomic mass is 16.6. The van der Waals surface area contributed by atoms with Crippen LogP contribution < -0.4 is 5.73 Å². The number of hydrogen-bond acceptors (Lipinski definition) is 4. The number of oxime groups is 1. The fourth-order valence-electron chi connectivity index (χ4n) is 1.06. The zero-order valence-electron chi connectivity index (χ0n) is 10.4. The summed E-state index contributed by atoms with van der Waals surface area (Å²) in [5.41, 5.74) is 4.81. The van der Waals surface area contributed by atoms with Crippen LogP contribution in [0, 0.1) is 0 Å². The second kappa shape index (κ2) is 6.19. The number of ether oxygens (including phenoxy) is 1. The van der Waals surface area contributed by atoms with Crippen LogP contribution in [0.4, 0.5) is 4.79 Å². The van der Waals surface area contributed by atoms with Gasteiger partial charge in [0.15, 0.2) is 5.84 Å². The van der Waals surface area contributed by atoms with Crippen LogP contribution in [0.25, 0.3) is 0 Å². The quantitative estimate of drug-likeness (QED) is 0.331. The van der Waals surface area contributed by atoms with Crippen molar-refractivity contribution in [1.29, 1.82) is 0 Å². The van der Waals surface area contributed by atoms with E-state index in [1.54, 1.807) is 20.8 Å². The largest absolute Gasteiger partial charge is 0.444 e. The van der Waals surface area contributed by atoms with E-state index in [0.29, 0.717) is 6.54 Å². The third kappa shape index (κ3) is 6.10. The lowest BCUT2D eigenvalue weighted by Gasteiger charge is -2.26. The number of nitrogens with two attached hydrogens (primary N) is 1. The Morgan fingerprint density at radius 3 is 2.44 bits per heavy atom. The average Bonchev–Trinajstić information content (AvgIpc) is 2.14. The maximum absolute atomic E-state index is 11.7. The van der Waals surface area contributed by atoms with Crippen molar-refractivity contribution < 1.29 is 14.7 Å². The van der Waals surface area contributed by atoms with Crippen molar-refractivity contribution in [3.63, 3.8) is 0 Å². The lowest BCUT2D eigenvalue weighted by molar-refractivity contribution is 0.0277. The van der Waals surface area contributed by atoms with Crippen molar-refractivity contribution in [1.82, 2.24) is 4.90 Å². The van der Waals surface area contributed by atoms with E-state index >= 15 is 0 Å². The van der Waals surface area contributed by atoms with Crippen LogP contribution in [0.5, 0.6) is 0 Å². The molecule has 0 heterocycles. The van der Waals surface area contributed by atoms with Gasteiger partial charge in [-0.3, -0.25) is 0 Å². The van der Waals surface area contributed by atoms with E-state index in [1.165, 1.54) is 4.90 Å². The molecule has 0 radical (unpaired) electrons. The minimum Gasteiger partial charge on any atom is -0.444 e. The molecule has 6 heteroatoms. The predicted octanol–water partition coefficient (Wildman–Crippen LogP) is 1.38. The van der Waals surface area contributed by atoms with Gasteiger partial charge in [0.1, 0.15) is 5.60 Å². The van der Waals surface area contributed by atoms with Crippen LogP contribution in [0.1, 0.15) is 34.1 Å². The molecule has 0 aliphatic carbocycles. The molecule has 94 valence electrons. The van der Waals surface area contributed by atoms with Crippen molar-refractivity contribution in [2.45, 2.75) is 39.7 Å². The first kappa shape index (κ1) is 14.5. The Morgan fingerprint density at radius 2 is 2.06 bits per heavy atom. The molecular weight excluding hydrogens is 210 g/mol. The SMILES string of the molecule is CCCN(C/C(N)=N/O)C(=O)OC(C)(C)C. The fourth-order valence-corrected chi connectivity index (χ4v) is 1.06. The molecule has 0 unspecified atom stereocenters. The van der Waals surface area contributed by atoms with Gasteiger partial charge in [0.25, 0.3) is 0 Å². The van der Waals surface area contributed by atoms with Crippen molar-refractivity contribution in [2.24, 2.45) is 10.9 Å².